The number of hydrogen-bond acceptors (Lipinski definition) is 4. The molecule has 0 saturated carbocycles. The van der Waals surface area contributed by atoms with E-state index in [0.29, 0.717) is 0 Å². The highest BCUT2D eigenvalue weighted by Crippen LogP contribution is 2.22. The van der Waals surface area contributed by atoms with Gasteiger partial charge in [0.25, 0.3) is 0 Å². The van der Waals surface area contributed by atoms with Gasteiger partial charge in [0.1, 0.15) is 6.04 Å². The number of nitrogens with one attached hydrogen (secondary N) is 2. The van der Waals surface area contributed by atoms with E-state index < -0.39 is 24.0 Å². The summed E-state index contributed by atoms with van der Waals surface area (Å²) >= 11 is 1.43. The van der Waals surface area contributed by atoms with Gasteiger partial charge in [-0.3, -0.25) is 9.59 Å². The van der Waals surface area contributed by atoms with Crippen LogP contribution in [-0.2, 0) is 20.8 Å². The van der Waals surface area contributed by atoms with Crippen LogP contribution in [-0.4, -0.2) is 28.9 Å². The highest BCUT2D eigenvalue weighted by molar-refractivity contribution is 7.10. The molecule has 1 heterocycles. The smallest absolute Gasteiger partial charge is 0.326 e. The third kappa shape index (κ3) is 6.04. The number of carbonyl (C=O) groups is 3. The van der Waals surface area contributed by atoms with Crippen molar-refractivity contribution in [3.8, 4) is 0 Å². The van der Waals surface area contributed by atoms with Gasteiger partial charge in [0.05, 0.1) is 12.5 Å². The highest BCUT2D eigenvalue weighted by Gasteiger charge is 2.23. The Labute approximate surface area is 149 Å². The molecule has 0 saturated heterocycles. The van der Waals surface area contributed by atoms with Gasteiger partial charge in [0.2, 0.25) is 11.8 Å². The first-order valence-corrected chi connectivity index (χ1v) is 8.70. The van der Waals surface area contributed by atoms with E-state index in [2.05, 4.69) is 10.6 Å². The largest absolute Gasteiger partial charge is 0.480 e. The topological polar surface area (TPSA) is 95.5 Å². The summed E-state index contributed by atoms with van der Waals surface area (Å²) in [5.41, 5.74) is 0.826. The Morgan fingerprint density at radius 1 is 1.08 bits per heavy atom. The second kappa shape index (κ2) is 8.98. The molecule has 0 aliphatic rings. The molecule has 6 nitrogen and oxygen atoms in total. The molecule has 3 N–H and O–H groups in total. The van der Waals surface area contributed by atoms with Crippen LogP contribution in [0.2, 0.25) is 0 Å². The maximum Gasteiger partial charge on any atom is 0.326 e. The van der Waals surface area contributed by atoms with Crippen molar-refractivity contribution < 1.29 is 19.5 Å². The van der Waals surface area contributed by atoms with Crippen LogP contribution in [0.4, 0.5) is 0 Å². The molecule has 25 heavy (non-hydrogen) atoms. The highest BCUT2D eigenvalue weighted by atomic mass is 32.1. The van der Waals surface area contributed by atoms with Crippen molar-refractivity contribution in [1.82, 2.24) is 10.6 Å². The molecule has 2 unspecified atom stereocenters. The number of carboxylic acid groups (broad SMARTS) is 1. The monoisotopic (exact) mass is 360 g/mol. The summed E-state index contributed by atoms with van der Waals surface area (Å²) in [4.78, 5) is 36.0. The van der Waals surface area contributed by atoms with E-state index >= 15 is 0 Å². The van der Waals surface area contributed by atoms with Crippen molar-refractivity contribution in [2.24, 2.45) is 0 Å². The second-order valence-corrected chi connectivity index (χ2v) is 6.60. The minimum absolute atomic E-state index is 0.0152. The minimum atomic E-state index is -1.09. The van der Waals surface area contributed by atoms with Gasteiger partial charge < -0.3 is 15.7 Å². The average molecular weight is 360 g/mol. The molecular formula is C18H20N2O4S. The molecule has 132 valence electrons. The van der Waals surface area contributed by atoms with Gasteiger partial charge in [0.15, 0.2) is 0 Å². The third-order valence-electron chi connectivity index (χ3n) is 3.57. The fraction of sp³-hybridized carbons (Fsp3) is 0.278. The first-order chi connectivity index (χ1) is 12.0. The molecule has 0 aliphatic heterocycles. The fourth-order valence-corrected chi connectivity index (χ4v) is 3.22. The van der Waals surface area contributed by atoms with Crippen LogP contribution in [0.25, 0.3) is 0 Å². The summed E-state index contributed by atoms with van der Waals surface area (Å²) in [6, 6.07) is 11.3. The number of aliphatic carboxylic acids is 1. The van der Waals surface area contributed by atoms with E-state index in [1.54, 1.807) is 0 Å². The average Bonchev–Trinajstić information content (AvgIpc) is 3.08. The molecule has 0 bridgehead atoms. The predicted octanol–water partition coefficient (Wildman–Crippen LogP) is 2.13. The molecule has 1 aromatic heterocycles. The molecule has 2 amide bonds. The van der Waals surface area contributed by atoms with Crippen molar-refractivity contribution in [3.63, 3.8) is 0 Å². The van der Waals surface area contributed by atoms with Crippen LogP contribution in [0.3, 0.4) is 0 Å². The zero-order valence-electron chi connectivity index (χ0n) is 13.8. The summed E-state index contributed by atoms with van der Waals surface area (Å²) in [7, 11) is 0. The van der Waals surface area contributed by atoms with Gasteiger partial charge >= 0.3 is 5.97 Å². The number of thiophene rings is 1. The van der Waals surface area contributed by atoms with Crippen LogP contribution >= 0.6 is 11.3 Å². The number of carbonyl (C=O) groups excluding carboxylic acids is 2. The lowest BCUT2D eigenvalue weighted by molar-refractivity contribution is -0.142. The summed E-state index contributed by atoms with van der Waals surface area (Å²) in [6.45, 7) is 1.38. The Morgan fingerprint density at radius 2 is 1.80 bits per heavy atom. The SMILES string of the molecule is CC(=O)NC(CC(=O)NC(Cc1ccccc1)C(=O)O)c1cccs1. The van der Waals surface area contributed by atoms with Gasteiger partial charge in [-0.1, -0.05) is 36.4 Å². The maximum absolute atomic E-state index is 12.3. The Morgan fingerprint density at radius 3 is 2.36 bits per heavy atom. The van der Waals surface area contributed by atoms with E-state index in [9.17, 15) is 19.5 Å². The lowest BCUT2D eigenvalue weighted by atomic mass is 10.1. The lowest BCUT2D eigenvalue weighted by Crippen LogP contribution is -2.43. The van der Waals surface area contributed by atoms with Crippen molar-refractivity contribution in [2.75, 3.05) is 0 Å². The molecular weight excluding hydrogens is 340 g/mol. The van der Waals surface area contributed by atoms with Crippen LogP contribution in [0.5, 0.6) is 0 Å². The zero-order chi connectivity index (χ0) is 18.2. The van der Waals surface area contributed by atoms with Crippen molar-refractivity contribution in [1.29, 1.82) is 0 Å². The molecule has 0 radical (unpaired) electrons. The van der Waals surface area contributed by atoms with E-state index in [1.165, 1.54) is 18.3 Å². The molecule has 2 rings (SSSR count). The third-order valence-corrected chi connectivity index (χ3v) is 4.56. The van der Waals surface area contributed by atoms with Crippen LogP contribution in [0, 0.1) is 0 Å². The van der Waals surface area contributed by atoms with Crippen molar-refractivity contribution >= 4 is 29.1 Å². The molecule has 2 aromatic rings. The maximum atomic E-state index is 12.3. The predicted molar refractivity (Wildman–Crippen MR) is 95.2 cm³/mol. The van der Waals surface area contributed by atoms with E-state index in [-0.39, 0.29) is 18.7 Å². The lowest BCUT2D eigenvalue weighted by Gasteiger charge is -2.19. The van der Waals surface area contributed by atoms with Crippen LogP contribution in [0.1, 0.15) is 29.8 Å². The van der Waals surface area contributed by atoms with Gasteiger partial charge in [0, 0.05) is 18.2 Å². The van der Waals surface area contributed by atoms with Gasteiger partial charge in [-0.2, -0.15) is 0 Å². The van der Waals surface area contributed by atoms with Crippen molar-refractivity contribution in [2.45, 2.75) is 31.8 Å². The van der Waals surface area contributed by atoms with Gasteiger partial charge in [-0.05, 0) is 17.0 Å². The Balaban J connectivity index is 2.01. The number of amides is 2. The minimum Gasteiger partial charge on any atom is -0.480 e. The Bertz CT molecular complexity index is 716. The van der Waals surface area contributed by atoms with Crippen molar-refractivity contribution in [3.05, 3.63) is 58.3 Å². The molecule has 0 spiro atoms. The summed E-state index contributed by atoms with van der Waals surface area (Å²) in [5.74, 6) is -1.76. The Hall–Kier alpha value is -2.67. The normalized spacial score (nSPS) is 12.8. The summed E-state index contributed by atoms with van der Waals surface area (Å²) < 4.78 is 0. The number of hydrogen-bond donors (Lipinski definition) is 3. The van der Waals surface area contributed by atoms with E-state index in [0.717, 1.165) is 10.4 Å². The second-order valence-electron chi connectivity index (χ2n) is 5.62. The first kappa shape index (κ1) is 18.7. The molecule has 7 heteroatoms. The van der Waals surface area contributed by atoms with Crippen LogP contribution in [0.15, 0.2) is 47.8 Å². The molecule has 2 atom stereocenters. The summed E-state index contributed by atoms with van der Waals surface area (Å²) in [6.07, 6.45) is 0.185. The van der Waals surface area contributed by atoms with E-state index in [1.807, 2.05) is 47.8 Å². The number of carboxylic acids is 1. The van der Waals surface area contributed by atoms with E-state index in [4.69, 9.17) is 0 Å². The van der Waals surface area contributed by atoms with Crippen LogP contribution < -0.4 is 10.6 Å². The number of benzene rings is 1. The molecule has 1 aromatic carbocycles. The molecule has 0 fully saturated rings. The Kier molecular flexibility index (Phi) is 6.71. The fourth-order valence-electron chi connectivity index (χ4n) is 2.45. The van der Waals surface area contributed by atoms with Gasteiger partial charge in [-0.15, -0.1) is 11.3 Å². The number of rotatable bonds is 8. The standard InChI is InChI=1S/C18H20N2O4S/c1-12(21)19-14(16-8-5-9-25-16)11-17(22)20-15(18(23)24)10-13-6-3-2-4-7-13/h2-9,14-15H,10-11H2,1H3,(H,19,21)(H,20,22)(H,23,24). The van der Waals surface area contributed by atoms with Gasteiger partial charge in [-0.25, -0.2) is 4.79 Å². The molecule has 0 aliphatic carbocycles. The quantitative estimate of drug-likeness (QED) is 0.672. The summed E-state index contributed by atoms with van der Waals surface area (Å²) in [5, 5.41) is 16.5. The first-order valence-electron chi connectivity index (χ1n) is 7.82. The zero-order valence-corrected chi connectivity index (χ0v) is 14.6.